The van der Waals surface area contributed by atoms with Crippen LogP contribution < -0.4 is 16.1 Å². The van der Waals surface area contributed by atoms with Crippen molar-refractivity contribution in [1.82, 2.24) is 21.1 Å². The van der Waals surface area contributed by atoms with Crippen LogP contribution >= 0.6 is 0 Å². The maximum atomic E-state index is 10.3. The third-order valence-corrected chi connectivity index (χ3v) is 2.02. The van der Waals surface area contributed by atoms with E-state index in [0.29, 0.717) is 0 Å². The molecule has 1 heterocycles. The molecule has 1 aliphatic heterocycles. The lowest BCUT2D eigenvalue weighted by Crippen LogP contribution is -2.45. The van der Waals surface area contributed by atoms with Crippen molar-refractivity contribution in [2.24, 2.45) is 0 Å². The molecule has 0 radical (unpaired) electrons. The van der Waals surface area contributed by atoms with Gasteiger partial charge in [-0.25, -0.2) is 10.2 Å². The summed E-state index contributed by atoms with van der Waals surface area (Å²) in [4.78, 5) is 10.3. The Morgan fingerprint density at radius 1 is 1.13 bits per heavy atom. The van der Waals surface area contributed by atoms with Gasteiger partial charge in [0.15, 0.2) is 0 Å². The predicted octanol–water partition coefficient (Wildman–Crippen LogP) is -1.42. The first-order valence-corrected chi connectivity index (χ1v) is 5.12. The van der Waals surface area contributed by atoms with Crippen LogP contribution in [0.3, 0.4) is 0 Å². The van der Waals surface area contributed by atoms with E-state index < -0.39 is 5.97 Å². The second-order valence-electron chi connectivity index (χ2n) is 3.26. The molecule has 0 saturated carbocycles. The van der Waals surface area contributed by atoms with Crippen LogP contribution in [0.2, 0.25) is 0 Å². The Morgan fingerprint density at radius 2 is 1.80 bits per heavy atom. The molecule has 86 valence electrons. The van der Waals surface area contributed by atoms with E-state index in [-0.39, 0.29) is 0 Å². The molecular formula is C9H18N4O2. The molecule has 6 heteroatoms. The number of nitrogens with zero attached hydrogens (tertiary/aromatic N) is 1. The molecule has 0 aliphatic carbocycles. The van der Waals surface area contributed by atoms with Crippen LogP contribution in [-0.4, -0.2) is 55.4 Å². The summed E-state index contributed by atoms with van der Waals surface area (Å²) in [5.74, 6) is -0.931. The Bertz CT molecular complexity index is 210. The lowest BCUT2D eigenvalue weighted by Gasteiger charge is -2.23. The third kappa shape index (κ3) is 6.05. The molecule has 0 spiro atoms. The number of carbonyl (C=O) groups is 1. The SMILES string of the molecule is O=C(O)C=CN1CCNCCNCCN1. The molecule has 15 heavy (non-hydrogen) atoms. The van der Waals surface area contributed by atoms with Crippen molar-refractivity contribution in [2.75, 3.05) is 39.3 Å². The third-order valence-electron chi connectivity index (χ3n) is 2.02. The average Bonchev–Trinajstić information content (AvgIpc) is 2.23. The number of carboxylic acids is 1. The molecule has 1 aliphatic rings. The van der Waals surface area contributed by atoms with Gasteiger partial charge in [-0.2, -0.15) is 0 Å². The Morgan fingerprint density at radius 3 is 2.53 bits per heavy atom. The number of rotatable bonds is 2. The highest BCUT2D eigenvalue weighted by Gasteiger charge is 2.00. The van der Waals surface area contributed by atoms with Gasteiger partial charge >= 0.3 is 5.97 Å². The zero-order chi connectivity index (χ0) is 10.9. The number of aliphatic carboxylic acids is 1. The summed E-state index contributed by atoms with van der Waals surface area (Å²) in [7, 11) is 0. The van der Waals surface area contributed by atoms with Gasteiger partial charge < -0.3 is 20.7 Å². The van der Waals surface area contributed by atoms with E-state index in [0.717, 1.165) is 45.3 Å². The van der Waals surface area contributed by atoms with Gasteiger partial charge in [0.2, 0.25) is 0 Å². The van der Waals surface area contributed by atoms with E-state index in [1.807, 2.05) is 0 Å². The van der Waals surface area contributed by atoms with Crippen LogP contribution in [0.25, 0.3) is 0 Å². The van der Waals surface area contributed by atoms with Crippen LogP contribution in [0.15, 0.2) is 12.3 Å². The Balaban J connectivity index is 2.34. The predicted molar refractivity (Wildman–Crippen MR) is 57.2 cm³/mol. The summed E-state index contributed by atoms with van der Waals surface area (Å²) < 4.78 is 0. The highest BCUT2D eigenvalue weighted by atomic mass is 16.4. The quantitative estimate of drug-likeness (QED) is 0.423. The second-order valence-corrected chi connectivity index (χ2v) is 3.26. The van der Waals surface area contributed by atoms with E-state index in [1.165, 1.54) is 0 Å². The fraction of sp³-hybridized carbons (Fsp3) is 0.667. The van der Waals surface area contributed by atoms with Crippen molar-refractivity contribution in [3.8, 4) is 0 Å². The molecule has 1 rings (SSSR count). The number of hydrazine groups is 1. The van der Waals surface area contributed by atoms with E-state index in [1.54, 1.807) is 11.2 Å². The van der Waals surface area contributed by atoms with Gasteiger partial charge in [0.1, 0.15) is 0 Å². The average molecular weight is 214 g/mol. The Kier molecular flexibility index (Phi) is 5.76. The van der Waals surface area contributed by atoms with E-state index in [9.17, 15) is 4.79 Å². The summed E-state index contributed by atoms with van der Waals surface area (Å²) in [5.41, 5.74) is 3.13. The standard InChI is InChI=1S/C9H18N4O2/c14-9(15)1-7-13-8-6-11-3-2-10-4-5-12-13/h1,7,10-12H,2-6,8H2,(H,14,15). The molecule has 4 N–H and O–H groups in total. The lowest BCUT2D eigenvalue weighted by molar-refractivity contribution is -0.131. The molecule has 0 aromatic heterocycles. The molecule has 0 bridgehead atoms. The smallest absolute Gasteiger partial charge is 0.329 e. The van der Waals surface area contributed by atoms with Gasteiger partial charge in [0, 0.05) is 51.5 Å². The molecule has 0 atom stereocenters. The van der Waals surface area contributed by atoms with Crippen LogP contribution in [0, 0.1) is 0 Å². The summed E-state index contributed by atoms with van der Waals surface area (Å²) in [6.45, 7) is 5.16. The van der Waals surface area contributed by atoms with Gasteiger partial charge in [0.25, 0.3) is 0 Å². The van der Waals surface area contributed by atoms with Gasteiger partial charge in [-0.1, -0.05) is 0 Å². The van der Waals surface area contributed by atoms with Crippen LogP contribution in [0.4, 0.5) is 0 Å². The number of nitrogens with one attached hydrogen (secondary N) is 3. The summed E-state index contributed by atoms with van der Waals surface area (Å²) in [6, 6.07) is 0. The fourth-order valence-electron chi connectivity index (χ4n) is 1.27. The first-order valence-electron chi connectivity index (χ1n) is 5.12. The minimum Gasteiger partial charge on any atom is -0.478 e. The summed E-state index contributed by atoms with van der Waals surface area (Å²) in [6.07, 6.45) is 2.68. The van der Waals surface area contributed by atoms with Gasteiger partial charge in [-0.3, -0.25) is 0 Å². The summed E-state index contributed by atoms with van der Waals surface area (Å²) in [5, 5.41) is 16.8. The van der Waals surface area contributed by atoms with Gasteiger partial charge in [-0.05, 0) is 0 Å². The molecule has 0 unspecified atom stereocenters. The largest absolute Gasteiger partial charge is 0.478 e. The van der Waals surface area contributed by atoms with E-state index in [4.69, 9.17) is 5.11 Å². The number of carboxylic acid groups (broad SMARTS) is 1. The molecular weight excluding hydrogens is 196 g/mol. The molecule has 0 amide bonds. The lowest BCUT2D eigenvalue weighted by atomic mass is 10.5. The first-order chi connectivity index (χ1) is 7.29. The molecule has 0 aromatic carbocycles. The van der Waals surface area contributed by atoms with E-state index in [2.05, 4.69) is 16.1 Å². The zero-order valence-corrected chi connectivity index (χ0v) is 8.70. The van der Waals surface area contributed by atoms with Crippen molar-refractivity contribution in [3.05, 3.63) is 12.3 Å². The highest BCUT2D eigenvalue weighted by molar-refractivity contribution is 5.79. The number of hydrogen-bond donors (Lipinski definition) is 4. The normalized spacial score (nSPS) is 20.4. The van der Waals surface area contributed by atoms with Crippen molar-refractivity contribution < 1.29 is 9.90 Å². The van der Waals surface area contributed by atoms with Gasteiger partial charge in [-0.15, -0.1) is 0 Å². The number of hydrogen-bond acceptors (Lipinski definition) is 5. The minimum absolute atomic E-state index is 0.754. The van der Waals surface area contributed by atoms with Crippen molar-refractivity contribution in [3.63, 3.8) is 0 Å². The molecule has 1 saturated heterocycles. The zero-order valence-electron chi connectivity index (χ0n) is 8.70. The van der Waals surface area contributed by atoms with Crippen LogP contribution in [0.5, 0.6) is 0 Å². The highest BCUT2D eigenvalue weighted by Crippen LogP contribution is 1.85. The monoisotopic (exact) mass is 214 g/mol. The van der Waals surface area contributed by atoms with Crippen molar-refractivity contribution in [1.29, 1.82) is 0 Å². The molecule has 0 aromatic rings. The topological polar surface area (TPSA) is 76.6 Å². The molecule has 6 nitrogen and oxygen atoms in total. The minimum atomic E-state index is -0.931. The van der Waals surface area contributed by atoms with Crippen molar-refractivity contribution >= 4 is 5.97 Å². The van der Waals surface area contributed by atoms with Crippen molar-refractivity contribution in [2.45, 2.75) is 0 Å². The van der Waals surface area contributed by atoms with Crippen LogP contribution in [0.1, 0.15) is 0 Å². The Labute approximate surface area is 89.3 Å². The van der Waals surface area contributed by atoms with Crippen LogP contribution in [-0.2, 0) is 4.79 Å². The Hall–Kier alpha value is -1.11. The first kappa shape index (κ1) is 12.0. The fourth-order valence-corrected chi connectivity index (χ4v) is 1.27. The second kappa shape index (κ2) is 7.22. The maximum Gasteiger partial charge on any atom is 0.329 e. The summed E-state index contributed by atoms with van der Waals surface area (Å²) >= 11 is 0. The maximum absolute atomic E-state index is 10.3. The molecule has 1 fully saturated rings. The van der Waals surface area contributed by atoms with E-state index >= 15 is 0 Å². The van der Waals surface area contributed by atoms with Gasteiger partial charge in [0.05, 0.1) is 0 Å².